The third-order valence-electron chi connectivity index (χ3n) is 4.12. The lowest BCUT2D eigenvalue weighted by atomic mass is 9.89. The maximum absolute atomic E-state index is 11.5. The van der Waals surface area contributed by atoms with Crippen molar-refractivity contribution in [3.63, 3.8) is 0 Å². The number of rotatable bonds is 3. The summed E-state index contributed by atoms with van der Waals surface area (Å²) in [6, 6.07) is 7.38. The van der Waals surface area contributed by atoms with E-state index in [1.807, 2.05) is 51.9 Å². The van der Waals surface area contributed by atoms with Gasteiger partial charge in [-0.25, -0.2) is 0 Å². The number of carbonyl (C=O) groups is 1. The van der Waals surface area contributed by atoms with Crippen LogP contribution in [0.1, 0.15) is 43.6 Å². The van der Waals surface area contributed by atoms with Gasteiger partial charge in [0.05, 0.1) is 11.2 Å². The van der Waals surface area contributed by atoms with Gasteiger partial charge in [0, 0.05) is 12.6 Å². The molecule has 1 heterocycles. The van der Waals surface area contributed by atoms with E-state index in [1.54, 1.807) is 19.2 Å². The normalized spacial score (nSPS) is 20.0. The highest BCUT2D eigenvalue weighted by Gasteiger charge is 2.49. The lowest BCUT2D eigenvalue weighted by molar-refractivity contribution is 0.00578. The molecular formula is C16H22BNO3. The number of carbonyl (C=O) groups excluding carboxylic acids is 1. The molecular weight excluding hydrogens is 265 g/mol. The molecule has 0 bridgehead atoms. The number of nitrogens with one attached hydrogen (secondary N) is 1. The molecule has 0 unspecified atom stereocenters. The summed E-state index contributed by atoms with van der Waals surface area (Å²) in [5, 5.41) is 2.60. The molecule has 0 aromatic heterocycles. The summed E-state index contributed by atoms with van der Waals surface area (Å²) >= 11 is 0. The molecule has 1 aliphatic heterocycles. The first-order valence-corrected chi connectivity index (χ1v) is 7.11. The first-order chi connectivity index (χ1) is 9.75. The maximum Gasteiger partial charge on any atom is 0.487 e. The van der Waals surface area contributed by atoms with Crippen molar-refractivity contribution in [3.8, 4) is 0 Å². The largest absolute Gasteiger partial charge is 0.487 e. The zero-order chi connectivity index (χ0) is 15.7. The van der Waals surface area contributed by atoms with Gasteiger partial charge in [-0.3, -0.25) is 4.79 Å². The number of benzene rings is 1. The van der Waals surface area contributed by atoms with Crippen molar-refractivity contribution < 1.29 is 14.1 Å². The van der Waals surface area contributed by atoms with Gasteiger partial charge in [0.1, 0.15) is 0 Å². The first-order valence-electron chi connectivity index (χ1n) is 7.11. The average Bonchev–Trinajstić information content (AvgIpc) is 2.64. The molecule has 1 saturated heterocycles. The molecule has 0 spiro atoms. The van der Waals surface area contributed by atoms with E-state index in [1.165, 1.54) is 0 Å². The van der Waals surface area contributed by atoms with Crippen LogP contribution < -0.4 is 5.32 Å². The molecule has 0 aliphatic carbocycles. The van der Waals surface area contributed by atoms with Crippen LogP contribution in [0, 0.1) is 0 Å². The quantitative estimate of drug-likeness (QED) is 0.869. The van der Waals surface area contributed by atoms with Gasteiger partial charge in [-0.05, 0) is 45.4 Å². The van der Waals surface area contributed by atoms with Crippen LogP contribution in [-0.2, 0) is 9.31 Å². The van der Waals surface area contributed by atoms with Gasteiger partial charge in [0.25, 0.3) is 5.91 Å². The summed E-state index contributed by atoms with van der Waals surface area (Å²) in [6.07, 6.45) is 1.94. The monoisotopic (exact) mass is 287 g/mol. The Labute approximate surface area is 126 Å². The maximum atomic E-state index is 11.5. The first kappa shape index (κ1) is 15.8. The highest BCUT2D eigenvalue weighted by atomic mass is 16.7. The van der Waals surface area contributed by atoms with E-state index in [0.717, 1.165) is 5.56 Å². The van der Waals surface area contributed by atoms with Gasteiger partial charge >= 0.3 is 7.12 Å². The topological polar surface area (TPSA) is 47.6 Å². The second-order valence-corrected chi connectivity index (χ2v) is 6.18. The molecule has 1 aromatic rings. The Hall–Kier alpha value is -1.59. The summed E-state index contributed by atoms with van der Waals surface area (Å²) in [7, 11) is 1.27. The van der Waals surface area contributed by atoms with Gasteiger partial charge in [0.2, 0.25) is 0 Å². The van der Waals surface area contributed by atoms with Crippen LogP contribution in [0.25, 0.3) is 6.08 Å². The number of amides is 1. The van der Waals surface area contributed by atoms with Crippen LogP contribution in [0.15, 0.2) is 30.2 Å². The molecule has 1 fully saturated rings. The second kappa shape index (κ2) is 5.66. The van der Waals surface area contributed by atoms with Gasteiger partial charge in [-0.1, -0.05) is 24.2 Å². The zero-order valence-electron chi connectivity index (χ0n) is 13.3. The third-order valence-corrected chi connectivity index (χ3v) is 4.12. The van der Waals surface area contributed by atoms with Crippen molar-refractivity contribution in [3.05, 3.63) is 41.4 Å². The van der Waals surface area contributed by atoms with E-state index in [9.17, 15) is 4.79 Å². The minimum Gasteiger partial charge on any atom is -0.400 e. The van der Waals surface area contributed by atoms with Gasteiger partial charge in [0.15, 0.2) is 0 Å². The third kappa shape index (κ3) is 3.36. The summed E-state index contributed by atoms with van der Waals surface area (Å²) in [4.78, 5) is 11.5. The van der Waals surface area contributed by atoms with Crippen molar-refractivity contribution in [1.82, 2.24) is 5.32 Å². The predicted molar refractivity (Wildman–Crippen MR) is 84.9 cm³/mol. The summed E-state index contributed by atoms with van der Waals surface area (Å²) < 4.78 is 11.8. The second-order valence-electron chi connectivity index (χ2n) is 6.18. The smallest absolute Gasteiger partial charge is 0.400 e. The Morgan fingerprint density at radius 2 is 1.62 bits per heavy atom. The minimum absolute atomic E-state index is 0.0866. The van der Waals surface area contributed by atoms with Crippen molar-refractivity contribution in [2.24, 2.45) is 0 Å². The fourth-order valence-corrected chi connectivity index (χ4v) is 2.05. The molecule has 1 aliphatic rings. The molecule has 0 radical (unpaired) electrons. The number of hydrogen-bond acceptors (Lipinski definition) is 3. The Balaban J connectivity index is 2.04. The number of hydrogen-bond donors (Lipinski definition) is 1. The van der Waals surface area contributed by atoms with Gasteiger partial charge in [-0.2, -0.15) is 0 Å². The lowest BCUT2D eigenvalue weighted by Crippen LogP contribution is -2.41. The highest BCUT2D eigenvalue weighted by Crippen LogP contribution is 2.36. The Morgan fingerprint density at radius 3 is 2.10 bits per heavy atom. The van der Waals surface area contributed by atoms with E-state index in [-0.39, 0.29) is 24.2 Å². The van der Waals surface area contributed by atoms with E-state index < -0.39 is 0 Å². The molecule has 0 atom stereocenters. The average molecular weight is 287 g/mol. The van der Waals surface area contributed by atoms with Crippen molar-refractivity contribution in [2.75, 3.05) is 7.05 Å². The van der Waals surface area contributed by atoms with E-state index in [0.29, 0.717) is 5.56 Å². The van der Waals surface area contributed by atoms with Crippen molar-refractivity contribution in [2.45, 2.75) is 38.9 Å². The van der Waals surface area contributed by atoms with Crippen LogP contribution >= 0.6 is 0 Å². The molecule has 0 saturated carbocycles. The molecule has 1 amide bonds. The molecule has 112 valence electrons. The van der Waals surface area contributed by atoms with Gasteiger partial charge < -0.3 is 14.6 Å². The summed E-state index contributed by atoms with van der Waals surface area (Å²) in [6.45, 7) is 8.11. The van der Waals surface area contributed by atoms with Crippen LogP contribution in [0.3, 0.4) is 0 Å². The highest BCUT2D eigenvalue weighted by molar-refractivity contribution is 6.52. The molecule has 1 N–H and O–H groups in total. The Kier molecular flexibility index (Phi) is 4.26. The van der Waals surface area contributed by atoms with Crippen LogP contribution in [0.2, 0.25) is 0 Å². The fraction of sp³-hybridized carbons (Fsp3) is 0.438. The molecule has 2 rings (SSSR count). The Bertz CT molecular complexity index is 533. The minimum atomic E-state index is -0.353. The van der Waals surface area contributed by atoms with Crippen molar-refractivity contribution >= 4 is 19.1 Å². The van der Waals surface area contributed by atoms with E-state index in [2.05, 4.69) is 5.32 Å². The standard InChI is InChI=1S/C16H22BNO3/c1-15(2)16(3,4)21-17(20-15)11-10-12-6-8-13(9-7-12)14(19)18-5/h6-11H,1-5H3,(H,18,19). The molecule has 4 nitrogen and oxygen atoms in total. The SMILES string of the molecule is CNC(=O)c1ccc(C=CB2OC(C)(C)C(C)(C)O2)cc1. The molecule has 1 aromatic carbocycles. The lowest BCUT2D eigenvalue weighted by Gasteiger charge is -2.32. The van der Waals surface area contributed by atoms with Crippen molar-refractivity contribution in [1.29, 1.82) is 0 Å². The fourth-order valence-electron chi connectivity index (χ4n) is 2.05. The molecule has 21 heavy (non-hydrogen) atoms. The predicted octanol–water partition coefficient (Wildman–Crippen LogP) is 2.69. The van der Waals surface area contributed by atoms with Crippen LogP contribution in [0.4, 0.5) is 0 Å². The summed E-state index contributed by atoms with van der Waals surface area (Å²) in [5.74, 6) is 1.81. The van der Waals surface area contributed by atoms with Crippen LogP contribution in [-0.4, -0.2) is 31.3 Å². The zero-order valence-corrected chi connectivity index (χ0v) is 13.3. The van der Waals surface area contributed by atoms with E-state index in [4.69, 9.17) is 9.31 Å². The Morgan fingerprint density at radius 1 is 1.10 bits per heavy atom. The molecule has 5 heteroatoms. The summed E-state index contributed by atoms with van der Waals surface area (Å²) in [5.41, 5.74) is 0.985. The van der Waals surface area contributed by atoms with E-state index >= 15 is 0 Å². The van der Waals surface area contributed by atoms with Gasteiger partial charge in [-0.15, -0.1) is 0 Å². The van der Waals surface area contributed by atoms with Crippen LogP contribution in [0.5, 0.6) is 0 Å².